The van der Waals surface area contributed by atoms with E-state index in [2.05, 4.69) is 10.4 Å². The molecule has 2 aromatic carbocycles. The van der Waals surface area contributed by atoms with Crippen LogP contribution in [-0.2, 0) is 21.2 Å². The Morgan fingerprint density at radius 2 is 1.65 bits per heavy atom. The Hall–Kier alpha value is -2.97. The largest absolute Gasteiger partial charge is 0.326 e. The molecule has 1 aliphatic rings. The minimum Gasteiger partial charge on any atom is -0.326 e. The third-order valence-corrected chi connectivity index (χ3v) is 7.53. The van der Waals surface area contributed by atoms with Crippen LogP contribution in [0.15, 0.2) is 59.5 Å². The number of benzene rings is 2. The van der Waals surface area contributed by atoms with E-state index < -0.39 is 10.0 Å². The highest BCUT2D eigenvalue weighted by Crippen LogP contribution is 2.23. The molecule has 0 atom stereocenters. The Morgan fingerprint density at radius 3 is 2.29 bits per heavy atom. The predicted molar refractivity (Wildman–Crippen MR) is 120 cm³/mol. The standard InChI is InChI=1S/C23H26N4O3S/c1-17-22(18(2)27(25-17)20-8-4-3-5-9-20)16-23(28)24-19-10-12-21(13-11-19)31(29,30)26-14-6-7-15-26/h3-5,8-13H,6-7,14-16H2,1-2H3,(H,24,28). The normalized spacial score (nSPS) is 14.6. The summed E-state index contributed by atoms with van der Waals surface area (Å²) < 4.78 is 28.6. The average molecular weight is 439 g/mol. The van der Waals surface area contributed by atoms with Gasteiger partial charge in [0.25, 0.3) is 0 Å². The zero-order valence-corrected chi connectivity index (χ0v) is 18.5. The first-order valence-electron chi connectivity index (χ1n) is 10.4. The Balaban J connectivity index is 1.45. The van der Waals surface area contributed by atoms with Crippen molar-refractivity contribution in [1.29, 1.82) is 0 Å². The quantitative estimate of drug-likeness (QED) is 0.639. The molecule has 2 heterocycles. The molecule has 3 aromatic rings. The van der Waals surface area contributed by atoms with Gasteiger partial charge in [0, 0.05) is 30.0 Å². The van der Waals surface area contributed by atoms with Gasteiger partial charge in [0.15, 0.2) is 0 Å². The molecule has 1 amide bonds. The molecule has 8 heteroatoms. The van der Waals surface area contributed by atoms with E-state index in [0.717, 1.165) is 35.5 Å². The number of carbonyl (C=O) groups excluding carboxylic acids is 1. The van der Waals surface area contributed by atoms with Crippen molar-refractivity contribution in [3.63, 3.8) is 0 Å². The fourth-order valence-electron chi connectivity index (χ4n) is 3.90. The molecule has 4 rings (SSSR count). The van der Waals surface area contributed by atoms with Crippen molar-refractivity contribution >= 4 is 21.6 Å². The maximum atomic E-state index is 12.6. The lowest BCUT2D eigenvalue weighted by molar-refractivity contribution is -0.115. The van der Waals surface area contributed by atoms with Crippen LogP contribution >= 0.6 is 0 Å². The fraction of sp³-hybridized carbons (Fsp3) is 0.304. The molecule has 0 spiro atoms. The summed E-state index contributed by atoms with van der Waals surface area (Å²) in [4.78, 5) is 12.9. The van der Waals surface area contributed by atoms with Crippen LogP contribution in [0.3, 0.4) is 0 Å². The average Bonchev–Trinajstić information content (AvgIpc) is 3.40. The lowest BCUT2D eigenvalue weighted by Crippen LogP contribution is -2.27. The van der Waals surface area contributed by atoms with Crippen LogP contribution in [0.25, 0.3) is 5.69 Å². The molecule has 162 valence electrons. The van der Waals surface area contributed by atoms with E-state index in [-0.39, 0.29) is 17.2 Å². The van der Waals surface area contributed by atoms with Gasteiger partial charge in [-0.2, -0.15) is 9.40 Å². The van der Waals surface area contributed by atoms with Crippen LogP contribution in [0.1, 0.15) is 29.8 Å². The van der Waals surface area contributed by atoms with Crippen LogP contribution < -0.4 is 5.32 Å². The summed E-state index contributed by atoms with van der Waals surface area (Å²) in [5.41, 5.74) is 4.13. The highest BCUT2D eigenvalue weighted by Gasteiger charge is 2.27. The number of anilines is 1. The number of aryl methyl sites for hydroxylation is 1. The molecular formula is C23H26N4O3S. The van der Waals surface area contributed by atoms with Gasteiger partial charge in [0.2, 0.25) is 15.9 Å². The highest BCUT2D eigenvalue weighted by molar-refractivity contribution is 7.89. The first kappa shape index (κ1) is 21.3. The van der Waals surface area contributed by atoms with Crippen molar-refractivity contribution in [2.24, 2.45) is 0 Å². The van der Waals surface area contributed by atoms with Gasteiger partial charge in [-0.3, -0.25) is 4.79 Å². The lowest BCUT2D eigenvalue weighted by atomic mass is 10.1. The maximum absolute atomic E-state index is 12.6. The topological polar surface area (TPSA) is 84.3 Å². The van der Waals surface area contributed by atoms with Crippen LogP contribution in [0.5, 0.6) is 0 Å². The van der Waals surface area contributed by atoms with Crippen molar-refractivity contribution < 1.29 is 13.2 Å². The number of para-hydroxylation sites is 1. The second kappa shape index (κ2) is 8.64. The van der Waals surface area contributed by atoms with E-state index in [1.165, 1.54) is 4.31 Å². The molecule has 0 unspecified atom stereocenters. The molecule has 1 aliphatic heterocycles. The van der Waals surface area contributed by atoms with Crippen LogP contribution in [0.2, 0.25) is 0 Å². The van der Waals surface area contributed by atoms with E-state index in [4.69, 9.17) is 0 Å². The number of hydrogen-bond donors (Lipinski definition) is 1. The Bertz CT molecular complexity index is 1180. The molecule has 0 radical (unpaired) electrons. The zero-order valence-electron chi connectivity index (χ0n) is 17.7. The Morgan fingerprint density at radius 1 is 1.00 bits per heavy atom. The minimum atomic E-state index is -3.46. The van der Waals surface area contributed by atoms with Gasteiger partial charge in [0.05, 0.1) is 22.7 Å². The van der Waals surface area contributed by atoms with E-state index >= 15 is 0 Å². The summed E-state index contributed by atoms with van der Waals surface area (Å²) in [5, 5.41) is 7.44. The van der Waals surface area contributed by atoms with Gasteiger partial charge in [-0.25, -0.2) is 13.1 Å². The highest BCUT2D eigenvalue weighted by atomic mass is 32.2. The third-order valence-electron chi connectivity index (χ3n) is 5.62. The van der Waals surface area contributed by atoms with E-state index in [0.29, 0.717) is 18.8 Å². The number of sulfonamides is 1. The molecule has 1 saturated heterocycles. The molecule has 0 saturated carbocycles. The van der Waals surface area contributed by atoms with Crippen molar-refractivity contribution in [3.05, 3.63) is 71.5 Å². The Kier molecular flexibility index (Phi) is 5.93. The second-order valence-corrected chi connectivity index (χ2v) is 9.70. The molecular weight excluding hydrogens is 412 g/mol. The van der Waals surface area contributed by atoms with E-state index in [1.54, 1.807) is 24.3 Å². The molecule has 0 aliphatic carbocycles. The van der Waals surface area contributed by atoms with Gasteiger partial charge < -0.3 is 5.32 Å². The summed E-state index contributed by atoms with van der Waals surface area (Å²) in [7, 11) is -3.46. The molecule has 7 nitrogen and oxygen atoms in total. The zero-order chi connectivity index (χ0) is 22.0. The number of aromatic nitrogens is 2. The third kappa shape index (κ3) is 4.40. The van der Waals surface area contributed by atoms with E-state index in [1.807, 2.05) is 48.9 Å². The van der Waals surface area contributed by atoms with Crippen molar-refractivity contribution in [2.75, 3.05) is 18.4 Å². The minimum absolute atomic E-state index is 0.172. The summed E-state index contributed by atoms with van der Waals surface area (Å²) >= 11 is 0. The molecule has 1 N–H and O–H groups in total. The van der Waals surface area contributed by atoms with Crippen molar-refractivity contribution in [3.8, 4) is 5.69 Å². The van der Waals surface area contributed by atoms with E-state index in [9.17, 15) is 13.2 Å². The number of hydrogen-bond acceptors (Lipinski definition) is 4. The first-order valence-corrected chi connectivity index (χ1v) is 11.8. The maximum Gasteiger partial charge on any atom is 0.243 e. The fourth-order valence-corrected chi connectivity index (χ4v) is 5.42. The molecule has 31 heavy (non-hydrogen) atoms. The van der Waals surface area contributed by atoms with Crippen LogP contribution in [-0.4, -0.2) is 41.5 Å². The van der Waals surface area contributed by atoms with Gasteiger partial charge in [-0.15, -0.1) is 0 Å². The molecule has 0 bridgehead atoms. The number of nitrogens with one attached hydrogen (secondary N) is 1. The lowest BCUT2D eigenvalue weighted by Gasteiger charge is -2.15. The summed E-state index contributed by atoms with van der Waals surface area (Å²) in [6, 6.07) is 16.2. The number of amides is 1. The number of nitrogens with zero attached hydrogens (tertiary/aromatic N) is 3. The van der Waals surface area contributed by atoms with Gasteiger partial charge in [0.1, 0.15) is 0 Å². The molecule has 1 aromatic heterocycles. The first-order chi connectivity index (χ1) is 14.9. The smallest absolute Gasteiger partial charge is 0.243 e. The number of carbonyl (C=O) groups is 1. The van der Waals surface area contributed by atoms with Gasteiger partial charge in [-0.1, -0.05) is 18.2 Å². The van der Waals surface area contributed by atoms with Gasteiger partial charge >= 0.3 is 0 Å². The van der Waals surface area contributed by atoms with Crippen molar-refractivity contribution in [2.45, 2.75) is 38.0 Å². The summed E-state index contributed by atoms with van der Waals surface area (Å²) in [6.45, 7) is 4.98. The molecule has 1 fully saturated rings. The summed E-state index contributed by atoms with van der Waals surface area (Å²) in [6.07, 6.45) is 1.98. The van der Waals surface area contributed by atoms with Crippen LogP contribution in [0.4, 0.5) is 5.69 Å². The predicted octanol–water partition coefficient (Wildman–Crippen LogP) is 3.45. The second-order valence-electron chi connectivity index (χ2n) is 7.76. The summed E-state index contributed by atoms with van der Waals surface area (Å²) in [5.74, 6) is -0.172. The van der Waals surface area contributed by atoms with Gasteiger partial charge in [-0.05, 0) is 63.1 Å². The SMILES string of the molecule is Cc1nn(-c2ccccc2)c(C)c1CC(=O)Nc1ccc(S(=O)(=O)N2CCCC2)cc1. The van der Waals surface area contributed by atoms with Crippen LogP contribution in [0, 0.1) is 13.8 Å². The number of rotatable bonds is 6. The monoisotopic (exact) mass is 438 g/mol. The Labute approximate surface area is 182 Å². The van der Waals surface area contributed by atoms with Crippen molar-refractivity contribution in [1.82, 2.24) is 14.1 Å².